The second-order valence-corrected chi connectivity index (χ2v) is 3.01. The Morgan fingerprint density at radius 3 is 2.00 bits per heavy atom. The molecule has 6 heteroatoms. The number of carboxylic acid groups (broad SMARTS) is 1. The van der Waals surface area contributed by atoms with Crippen molar-refractivity contribution in [1.82, 2.24) is 0 Å². The predicted molar refractivity (Wildman–Crippen MR) is 53.8 cm³/mol. The van der Waals surface area contributed by atoms with E-state index in [0.29, 0.717) is 0 Å². The van der Waals surface area contributed by atoms with E-state index in [1.54, 1.807) is 0 Å². The molecule has 0 bridgehead atoms. The maximum absolute atomic E-state index is 10.6. The Bertz CT molecular complexity index is 375. The second kappa shape index (κ2) is 4.71. The first-order chi connectivity index (χ1) is 7.51. The second-order valence-electron chi connectivity index (χ2n) is 3.01. The van der Waals surface area contributed by atoms with Gasteiger partial charge >= 0.3 is 5.97 Å². The molecule has 0 aromatic heterocycles. The van der Waals surface area contributed by atoms with Crippen molar-refractivity contribution in [3.05, 3.63) is 17.7 Å². The Morgan fingerprint density at radius 1 is 1.25 bits per heavy atom. The van der Waals surface area contributed by atoms with Crippen molar-refractivity contribution in [2.75, 3.05) is 14.2 Å². The van der Waals surface area contributed by atoms with E-state index < -0.39 is 12.1 Å². The van der Waals surface area contributed by atoms with Crippen molar-refractivity contribution in [2.45, 2.75) is 6.10 Å². The fourth-order valence-corrected chi connectivity index (χ4v) is 1.21. The number of aliphatic hydroxyl groups excluding tert-OH is 1. The minimum Gasteiger partial charge on any atom is -0.502 e. The molecular formula is C10H12O6. The first-order valence-electron chi connectivity index (χ1n) is 4.37. The van der Waals surface area contributed by atoms with Crippen LogP contribution in [0.3, 0.4) is 0 Å². The average Bonchev–Trinajstić information content (AvgIpc) is 2.28. The molecule has 3 N–H and O–H groups in total. The summed E-state index contributed by atoms with van der Waals surface area (Å²) >= 11 is 0. The molecule has 0 aliphatic carbocycles. The van der Waals surface area contributed by atoms with Gasteiger partial charge in [0.15, 0.2) is 17.6 Å². The molecule has 0 spiro atoms. The van der Waals surface area contributed by atoms with Crippen LogP contribution >= 0.6 is 0 Å². The number of rotatable bonds is 4. The number of carboxylic acids is 1. The number of aromatic hydroxyl groups is 1. The van der Waals surface area contributed by atoms with Gasteiger partial charge < -0.3 is 24.8 Å². The summed E-state index contributed by atoms with van der Waals surface area (Å²) in [6, 6.07) is 2.47. The quantitative estimate of drug-likeness (QED) is 0.695. The smallest absolute Gasteiger partial charge is 0.337 e. The number of hydrogen-bond donors (Lipinski definition) is 3. The lowest BCUT2D eigenvalue weighted by atomic mass is 10.1. The number of carbonyl (C=O) groups is 1. The molecule has 6 nitrogen and oxygen atoms in total. The third kappa shape index (κ3) is 2.17. The van der Waals surface area contributed by atoms with E-state index in [0.717, 1.165) is 0 Å². The standard InChI is InChI=1S/C10H12O6/c1-15-6-3-5(8(11)10(13)14)4-7(16-2)9(6)12/h3-4,8,11-12H,1-2H3,(H,13,14). The lowest BCUT2D eigenvalue weighted by Gasteiger charge is -2.12. The van der Waals surface area contributed by atoms with Gasteiger partial charge in [-0.2, -0.15) is 0 Å². The van der Waals surface area contributed by atoms with E-state index in [4.69, 9.17) is 14.6 Å². The van der Waals surface area contributed by atoms with Crippen LogP contribution in [0.5, 0.6) is 17.2 Å². The Balaban J connectivity index is 3.26. The lowest BCUT2D eigenvalue weighted by molar-refractivity contribution is -0.146. The summed E-state index contributed by atoms with van der Waals surface area (Å²) in [4.78, 5) is 10.6. The third-order valence-corrected chi connectivity index (χ3v) is 2.05. The minimum absolute atomic E-state index is 0.0367. The molecule has 0 saturated heterocycles. The van der Waals surface area contributed by atoms with E-state index in [2.05, 4.69) is 0 Å². The highest BCUT2D eigenvalue weighted by molar-refractivity contribution is 5.75. The lowest BCUT2D eigenvalue weighted by Crippen LogP contribution is -2.10. The largest absolute Gasteiger partial charge is 0.502 e. The highest BCUT2D eigenvalue weighted by Gasteiger charge is 2.20. The Labute approximate surface area is 91.7 Å². The van der Waals surface area contributed by atoms with Gasteiger partial charge in [0.2, 0.25) is 5.75 Å². The maximum atomic E-state index is 10.6. The number of hydrogen-bond acceptors (Lipinski definition) is 5. The average molecular weight is 228 g/mol. The third-order valence-electron chi connectivity index (χ3n) is 2.05. The topological polar surface area (TPSA) is 96.2 Å². The molecular weight excluding hydrogens is 216 g/mol. The summed E-state index contributed by atoms with van der Waals surface area (Å²) in [5.41, 5.74) is 0.0685. The minimum atomic E-state index is -1.69. The molecule has 0 radical (unpaired) electrons. The Hall–Kier alpha value is -1.95. The zero-order valence-electron chi connectivity index (χ0n) is 8.80. The molecule has 88 valence electrons. The zero-order chi connectivity index (χ0) is 12.3. The Kier molecular flexibility index (Phi) is 3.57. The first-order valence-corrected chi connectivity index (χ1v) is 4.37. The van der Waals surface area contributed by atoms with Crippen molar-refractivity contribution in [3.63, 3.8) is 0 Å². The van der Waals surface area contributed by atoms with Crippen LogP contribution in [-0.4, -0.2) is 35.5 Å². The van der Waals surface area contributed by atoms with Crippen LogP contribution in [0.2, 0.25) is 0 Å². The normalized spacial score (nSPS) is 11.9. The van der Waals surface area contributed by atoms with Crippen LogP contribution in [-0.2, 0) is 4.79 Å². The molecule has 0 aliphatic heterocycles. The number of methoxy groups -OCH3 is 2. The molecule has 0 aliphatic rings. The van der Waals surface area contributed by atoms with Gasteiger partial charge in [-0.15, -0.1) is 0 Å². The van der Waals surface area contributed by atoms with E-state index in [1.165, 1.54) is 26.4 Å². The van der Waals surface area contributed by atoms with Gasteiger partial charge in [-0.1, -0.05) is 0 Å². The van der Waals surface area contributed by atoms with E-state index in [-0.39, 0.29) is 22.8 Å². The molecule has 0 saturated carbocycles. The number of aliphatic carboxylic acids is 1. The summed E-state index contributed by atoms with van der Waals surface area (Å²) in [5.74, 6) is -1.56. The summed E-state index contributed by atoms with van der Waals surface area (Å²) in [6.45, 7) is 0. The molecule has 0 heterocycles. The molecule has 0 amide bonds. The van der Waals surface area contributed by atoms with Gasteiger partial charge in [-0.25, -0.2) is 4.79 Å². The highest BCUT2D eigenvalue weighted by atomic mass is 16.5. The van der Waals surface area contributed by atoms with E-state index in [1.807, 2.05) is 0 Å². The highest BCUT2D eigenvalue weighted by Crippen LogP contribution is 2.38. The molecule has 1 rings (SSSR count). The monoisotopic (exact) mass is 228 g/mol. The van der Waals surface area contributed by atoms with Crippen LogP contribution in [0.4, 0.5) is 0 Å². The van der Waals surface area contributed by atoms with Gasteiger partial charge in [-0.3, -0.25) is 0 Å². The number of ether oxygens (including phenoxy) is 2. The molecule has 16 heavy (non-hydrogen) atoms. The fourth-order valence-electron chi connectivity index (χ4n) is 1.21. The molecule has 1 aromatic rings. The van der Waals surface area contributed by atoms with Gasteiger partial charge in [0.1, 0.15) is 0 Å². The summed E-state index contributed by atoms with van der Waals surface area (Å²) in [5, 5.41) is 27.5. The molecule has 1 aromatic carbocycles. The summed E-state index contributed by atoms with van der Waals surface area (Å²) in [6.07, 6.45) is -1.69. The Morgan fingerprint density at radius 2 is 1.69 bits per heavy atom. The fraction of sp³-hybridized carbons (Fsp3) is 0.300. The summed E-state index contributed by atoms with van der Waals surface area (Å²) < 4.78 is 9.65. The van der Waals surface area contributed by atoms with Gasteiger partial charge in [-0.05, 0) is 17.7 Å². The van der Waals surface area contributed by atoms with Gasteiger partial charge in [0.25, 0.3) is 0 Å². The molecule has 0 fully saturated rings. The van der Waals surface area contributed by atoms with E-state index >= 15 is 0 Å². The van der Waals surface area contributed by atoms with Gasteiger partial charge in [0.05, 0.1) is 14.2 Å². The van der Waals surface area contributed by atoms with Crippen molar-refractivity contribution >= 4 is 5.97 Å². The van der Waals surface area contributed by atoms with Crippen molar-refractivity contribution in [2.24, 2.45) is 0 Å². The number of aliphatic hydroxyl groups is 1. The van der Waals surface area contributed by atoms with Crippen LogP contribution in [0.1, 0.15) is 11.7 Å². The van der Waals surface area contributed by atoms with E-state index in [9.17, 15) is 15.0 Å². The van der Waals surface area contributed by atoms with Crippen molar-refractivity contribution in [3.8, 4) is 17.2 Å². The number of benzene rings is 1. The zero-order valence-corrected chi connectivity index (χ0v) is 8.80. The first kappa shape index (κ1) is 12.1. The predicted octanol–water partition coefficient (Wildman–Crippen LogP) is 0.527. The van der Waals surface area contributed by atoms with Crippen LogP contribution in [0, 0.1) is 0 Å². The number of phenolic OH excluding ortho intramolecular Hbond substituents is 1. The summed E-state index contributed by atoms with van der Waals surface area (Å²) in [7, 11) is 2.62. The SMILES string of the molecule is COc1cc(C(O)C(=O)O)cc(OC)c1O. The molecule has 1 atom stereocenters. The van der Waals surface area contributed by atoms with Crippen LogP contribution < -0.4 is 9.47 Å². The van der Waals surface area contributed by atoms with Crippen LogP contribution in [0.15, 0.2) is 12.1 Å². The number of phenols is 1. The van der Waals surface area contributed by atoms with Gasteiger partial charge in [0, 0.05) is 0 Å². The van der Waals surface area contributed by atoms with Crippen molar-refractivity contribution < 1.29 is 29.6 Å². The molecule has 1 unspecified atom stereocenters. The van der Waals surface area contributed by atoms with Crippen molar-refractivity contribution in [1.29, 1.82) is 0 Å². The maximum Gasteiger partial charge on any atom is 0.337 e. The van der Waals surface area contributed by atoms with Crippen LogP contribution in [0.25, 0.3) is 0 Å².